The Morgan fingerprint density at radius 2 is 1.79 bits per heavy atom. The predicted octanol–water partition coefficient (Wildman–Crippen LogP) is 3.12. The van der Waals surface area contributed by atoms with E-state index in [1.54, 1.807) is 12.4 Å². The van der Waals surface area contributed by atoms with Gasteiger partial charge in [-0.1, -0.05) is 18.2 Å². The second kappa shape index (κ2) is 6.15. The molecule has 0 spiro atoms. The molecule has 1 fully saturated rings. The molecule has 0 amide bonds. The Kier molecular flexibility index (Phi) is 4.53. The van der Waals surface area contributed by atoms with Crippen molar-refractivity contribution in [3.05, 3.63) is 29.8 Å². The summed E-state index contributed by atoms with van der Waals surface area (Å²) in [6, 6.07) is 0. The molecule has 0 aromatic carbocycles. The van der Waals surface area contributed by atoms with Gasteiger partial charge in [0.05, 0.1) is 18.1 Å². The summed E-state index contributed by atoms with van der Waals surface area (Å²) in [5.41, 5.74) is 0.931. The highest BCUT2D eigenvalue weighted by Crippen LogP contribution is 2.36. The molecule has 1 aromatic rings. The molecule has 0 bridgehead atoms. The van der Waals surface area contributed by atoms with Crippen molar-refractivity contribution in [2.24, 2.45) is 11.8 Å². The van der Waals surface area contributed by atoms with Gasteiger partial charge in [-0.05, 0) is 37.2 Å². The Bertz CT molecular complexity index is 465. The normalized spacial score (nSPS) is 22.8. The number of halogens is 1. The molecular weight excluding hydrogens is 264 g/mol. The standard InChI is InChI=1S/C14H17ClN2O2/c1-9(13-16-7-12(15)8-17-13)10-3-5-11(6-4-10)14(18)19-2/h7-8,10-11H,1,3-6H2,2H3. The molecule has 1 aromatic heterocycles. The fourth-order valence-electron chi connectivity index (χ4n) is 2.50. The van der Waals surface area contributed by atoms with Crippen LogP contribution in [0.3, 0.4) is 0 Å². The molecular formula is C14H17ClN2O2. The molecule has 2 rings (SSSR count). The van der Waals surface area contributed by atoms with E-state index in [-0.39, 0.29) is 11.9 Å². The van der Waals surface area contributed by atoms with Gasteiger partial charge in [0.15, 0.2) is 5.82 Å². The minimum atomic E-state index is -0.105. The van der Waals surface area contributed by atoms with Gasteiger partial charge >= 0.3 is 5.97 Å². The topological polar surface area (TPSA) is 52.1 Å². The minimum Gasteiger partial charge on any atom is -0.469 e. The summed E-state index contributed by atoms with van der Waals surface area (Å²) in [7, 11) is 1.44. The molecule has 0 aliphatic heterocycles. The number of hydrogen-bond acceptors (Lipinski definition) is 4. The number of carbonyl (C=O) groups excluding carboxylic acids is 1. The number of nitrogens with zero attached hydrogens (tertiary/aromatic N) is 2. The zero-order valence-corrected chi connectivity index (χ0v) is 11.7. The zero-order valence-electron chi connectivity index (χ0n) is 10.9. The van der Waals surface area contributed by atoms with Crippen LogP contribution in [-0.4, -0.2) is 23.0 Å². The summed E-state index contributed by atoms with van der Waals surface area (Å²) in [4.78, 5) is 19.8. The van der Waals surface area contributed by atoms with Crippen LogP contribution in [0, 0.1) is 11.8 Å². The van der Waals surface area contributed by atoms with Gasteiger partial charge < -0.3 is 4.74 Å². The first-order valence-electron chi connectivity index (χ1n) is 6.36. The van der Waals surface area contributed by atoms with Gasteiger partial charge in [-0.3, -0.25) is 4.79 Å². The largest absolute Gasteiger partial charge is 0.469 e. The molecule has 0 saturated heterocycles. The number of hydrogen-bond donors (Lipinski definition) is 0. The lowest BCUT2D eigenvalue weighted by Gasteiger charge is -2.27. The lowest BCUT2D eigenvalue weighted by atomic mass is 9.78. The molecule has 1 aliphatic carbocycles. The third-order valence-electron chi connectivity index (χ3n) is 3.66. The molecule has 19 heavy (non-hydrogen) atoms. The maximum atomic E-state index is 11.5. The Morgan fingerprint density at radius 3 is 2.32 bits per heavy atom. The maximum Gasteiger partial charge on any atom is 0.308 e. The first kappa shape index (κ1) is 14.0. The summed E-state index contributed by atoms with van der Waals surface area (Å²) in [6.07, 6.45) is 6.67. The van der Waals surface area contributed by atoms with Crippen molar-refractivity contribution in [3.63, 3.8) is 0 Å². The van der Waals surface area contributed by atoms with Gasteiger partial charge in [-0.25, -0.2) is 9.97 Å². The molecule has 0 unspecified atom stereocenters. The monoisotopic (exact) mass is 280 g/mol. The molecule has 4 nitrogen and oxygen atoms in total. The summed E-state index contributed by atoms with van der Waals surface area (Å²) in [5.74, 6) is 0.903. The highest BCUT2D eigenvalue weighted by molar-refractivity contribution is 6.30. The van der Waals surface area contributed by atoms with Crippen molar-refractivity contribution in [2.75, 3.05) is 7.11 Å². The molecule has 0 N–H and O–H groups in total. The number of methoxy groups -OCH3 is 1. The van der Waals surface area contributed by atoms with Crippen LogP contribution in [-0.2, 0) is 9.53 Å². The first-order valence-corrected chi connectivity index (χ1v) is 6.74. The Labute approximate surface area is 117 Å². The van der Waals surface area contributed by atoms with E-state index in [0.717, 1.165) is 31.3 Å². The fraction of sp³-hybridized carbons (Fsp3) is 0.500. The summed E-state index contributed by atoms with van der Waals surface area (Å²) in [5, 5.41) is 0.519. The maximum absolute atomic E-state index is 11.5. The minimum absolute atomic E-state index is 0.0280. The Morgan fingerprint density at radius 1 is 1.26 bits per heavy atom. The van der Waals surface area contributed by atoms with Crippen molar-refractivity contribution in [2.45, 2.75) is 25.7 Å². The fourth-order valence-corrected chi connectivity index (χ4v) is 2.60. The van der Waals surface area contributed by atoms with Gasteiger partial charge in [0, 0.05) is 12.4 Å². The number of allylic oxidation sites excluding steroid dienone is 1. The van der Waals surface area contributed by atoms with E-state index in [4.69, 9.17) is 16.3 Å². The van der Waals surface area contributed by atoms with Crippen LogP contribution in [0.1, 0.15) is 31.5 Å². The highest BCUT2D eigenvalue weighted by atomic mass is 35.5. The van der Waals surface area contributed by atoms with Crippen molar-refractivity contribution in [1.82, 2.24) is 9.97 Å². The van der Waals surface area contributed by atoms with Gasteiger partial charge in [-0.15, -0.1) is 0 Å². The van der Waals surface area contributed by atoms with Crippen molar-refractivity contribution >= 4 is 23.1 Å². The number of rotatable bonds is 3. The van der Waals surface area contributed by atoms with Gasteiger partial charge in [0.2, 0.25) is 0 Å². The van der Waals surface area contributed by atoms with E-state index in [0.29, 0.717) is 16.8 Å². The first-order chi connectivity index (χ1) is 9.11. The van der Waals surface area contributed by atoms with Crippen molar-refractivity contribution in [3.8, 4) is 0 Å². The lowest BCUT2D eigenvalue weighted by molar-refractivity contribution is -0.146. The van der Waals surface area contributed by atoms with Crippen LogP contribution in [0.25, 0.3) is 5.57 Å². The third-order valence-corrected chi connectivity index (χ3v) is 3.86. The summed E-state index contributed by atoms with van der Waals surface area (Å²) < 4.78 is 4.78. The van der Waals surface area contributed by atoms with Gasteiger partial charge in [0.1, 0.15) is 0 Å². The summed E-state index contributed by atoms with van der Waals surface area (Å²) >= 11 is 5.77. The number of esters is 1. The average molecular weight is 281 g/mol. The predicted molar refractivity (Wildman–Crippen MR) is 73.5 cm³/mol. The van der Waals surface area contributed by atoms with E-state index in [9.17, 15) is 4.79 Å². The molecule has 1 aliphatic rings. The van der Waals surface area contributed by atoms with E-state index in [1.165, 1.54) is 7.11 Å². The van der Waals surface area contributed by atoms with Crippen LogP contribution in [0.5, 0.6) is 0 Å². The van der Waals surface area contributed by atoms with Gasteiger partial charge in [0.25, 0.3) is 0 Å². The lowest BCUT2D eigenvalue weighted by Crippen LogP contribution is -2.23. The van der Waals surface area contributed by atoms with E-state index in [2.05, 4.69) is 16.5 Å². The molecule has 1 saturated carbocycles. The molecule has 0 atom stereocenters. The van der Waals surface area contributed by atoms with Crippen LogP contribution in [0.4, 0.5) is 0 Å². The Balaban J connectivity index is 1.96. The second-order valence-electron chi connectivity index (χ2n) is 4.82. The van der Waals surface area contributed by atoms with E-state index < -0.39 is 0 Å². The SMILES string of the molecule is C=C(c1ncc(Cl)cn1)C1CCC(C(=O)OC)CC1. The van der Waals surface area contributed by atoms with E-state index in [1.807, 2.05) is 0 Å². The number of ether oxygens (including phenoxy) is 1. The van der Waals surface area contributed by atoms with Crippen LogP contribution in [0.15, 0.2) is 19.0 Å². The Hall–Kier alpha value is -1.42. The third kappa shape index (κ3) is 3.32. The smallest absolute Gasteiger partial charge is 0.308 e. The zero-order chi connectivity index (χ0) is 13.8. The molecule has 102 valence electrons. The van der Waals surface area contributed by atoms with Crippen LogP contribution < -0.4 is 0 Å². The molecule has 1 heterocycles. The quantitative estimate of drug-likeness (QED) is 0.798. The summed E-state index contributed by atoms with van der Waals surface area (Å²) in [6.45, 7) is 4.08. The van der Waals surface area contributed by atoms with Crippen molar-refractivity contribution < 1.29 is 9.53 Å². The average Bonchev–Trinajstić information content (AvgIpc) is 2.46. The second-order valence-corrected chi connectivity index (χ2v) is 5.26. The number of carbonyl (C=O) groups is 1. The molecule has 0 radical (unpaired) electrons. The van der Waals surface area contributed by atoms with E-state index >= 15 is 0 Å². The van der Waals surface area contributed by atoms with Crippen LogP contribution >= 0.6 is 11.6 Å². The van der Waals surface area contributed by atoms with Crippen LogP contribution in [0.2, 0.25) is 5.02 Å². The van der Waals surface area contributed by atoms with Crippen molar-refractivity contribution in [1.29, 1.82) is 0 Å². The molecule has 5 heteroatoms. The number of aromatic nitrogens is 2. The highest BCUT2D eigenvalue weighted by Gasteiger charge is 2.29. The van der Waals surface area contributed by atoms with Gasteiger partial charge in [-0.2, -0.15) is 0 Å².